The molecule has 0 bridgehead atoms. The lowest BCUT2D eigenvalue weighted by molar-refractivity contribution is 0.234. The molecule has 6 heteroatoms. The van der Waals surface area contributed by atoms with Crippen molar-refractivity contribution in [2.45, 2.75) is 32.4 Å². The van der Waals surface area contributed by atoms with Gasteiger partial charge in [0.2, 0.25) is 0 Å². The highest BCUT2D eigenvalue weighted by molar-refractivity contribution is 5.73. The summed E-state index contributed by atoms with van der Waals surface area (Å²) in [5, 5.41) is 5.03. The number of allylic oxidation sites excluding steroid dienone is 1. The zero-order valence-corrected chi connectivity index (χ0v) is 8.99. The Bertz CT molecular complexity index is 252. The van der Waals surface area contributed by atoms with Crippen molar-refractivity contribution in [3.63, 3.8) is 0 Å². The normalized spacial score (nSPS) is 14.5. The number of rotatable bonds is 5. The van der Waals surface area contributed by atoms with Crippen LogP contribution in [0, 0.1) is 0 Å². The van der Waals surface area contributed by atoms with E-state index in [9.17, 15) is 9.59 Å². The number of amides is 4. The van der Waals surface area contributed by atoms with Crippen LogP contribution in [0.2, 0.25) is 0 Å². The zero-order chi connectivity index (χ0) is 11.8. The Hall–Kier alpha value is -1.72. The van der Waals surface area contributed by atoms with Gasteiger partial charge in [0.15, 0.2) is 0 Å². The van der Waals surface area contributed by atoms with Gasteiger partial charge in [-0.25, -0.2) is 9.59 Å². The van der Waals surface area contributed by atoms with Crippen LogP contribution in [0.15, 0.2) is 12.2 Å². The average molecular weight is 214 g/mol. The van der Waals surface area contributed by atoms with E-state index in [0.717, 1.165) is 0 Å². The first-order chi connectivity index (χ1) is 6.97. The number of hydrogen-bond acceptors (Lipinski definition) is 2. The second-order valence-corrected chi connectivity index (χ2v) is 3.22. The number of carbonyl (C=O) groups is 2. The zero-order valence-electron chi connectivity index (χ0n) is 8.99. The lowest BCUT2D eigenvalue weighted by Crippen LogP contribution is -2.52. The molecule has 0 fully saturated rings. The summed E-state index contributed by atoms with van der Waals surface area (Å²) in [5.74, 6) is 0. The Morgan fingerprint density at radius 3 is 2.20 bits per heavy atom. The number of nitrogens with one attached hydrogen (secondary N) is 2. The molecule has 0 aromatic rings. The molecule has 0 radical (unpaired) electrons. The summed E-state index contributed by atoms with van der Waals surface area (Å²) in [7, 11) is 0. The topological polar surface area (TPSA) is 110 Å². The molecule has 86 valence electrons. The summed E-state index contributed by atoms with van der Waals surface area (Å²) in [6, 6.07) is -1.78. The van der Waals surface area contributed by atoms with Gasteiger partial charge in [-0.2, -0.15) is 0 Å². The van der Waals surface area contributed by atoms with Crippen molar-refractivity contribution < 1.29 is 9.59 Å². The molecule has 2 atom stereocenters. The molecule has 0 aromatic heterocycles. The van der Waals surface area contributed by atoms with E-state index in [1.165, 1.54) is 0 Å². The number of hydrogen-bond donors (Lipinski definition) is 4. The van der Waals surface area contributed by atoms with Gasteiger partial charge >= 0.3 is 12.1 Å². The van der Waals surface area contributed by atoms with Gasteiger partial charge in [-0.15, -0.1) is 0 Å². The van der Waals surface area contributed by atoms with Crippen LogP contribution >= 0.6 is 0 Å². The maximum absolute atomic E-state index is 10.7. The Kier molecular flexibility index (Phi) is 5.92. The van der Waals surface area contributed by atoms with Crippen molar-refractivity contribution >= 4 is 12.1 Å². The maximum atomic E-state index is 10.7. The Morgan fingerprint density at radius 2 is 1.80 bits per heavy atom. The molecule has 0 aliphatic rings. The second-order valence-electron chi connectivity index (χ2n) is 3.22. The predicted octanol–water partition coefficient (Wildman–Crippen LogP) is 0.0463. The van der Waals surface area contributed by atoms with Crippen LogP contribution < -0.4 is 22.1 Å². The molecule has 6 nitrogen and oxygen atoms in total. The molecule has 4 amide bonds. The summed E-state index contributed by atoms with van der Waals surface area (Å²) in [6.45, 7) is 3.61. The number of primary amides is 2. The third kappa shape index (κ3) is 6.36. The van der Waals surface area contributed by atoms with E-state index in [4.69, 9.17) is 11.5 Å². The average Bonchev–Trinajstić information content (AvgIpc) is 2.10. The summed E-state index contributed by atoms with van der Waals surface area (Å²) in [6.07, 6.45) is 4.31. The molecule has 0 aromatic carbocycles. The lowest BCUT2D eigenvalue weighted by atomic mass is 10.1. The smallest absolute Gasteiger partial charge is 0.312 e. The molecule has 2 unspecified atom stereocenters. The predicted molar refractivity (Wildman–Crippen MR) is 58.1 cm³/mol. The number of urea groups is 2. The van der Waals surface area contributed by atoms with Crippen LogP contribution in [-0.2, 0) is 0 Å². The fourth-order valence-electron chi connectivity index (χ4n) is 1.18. The van der Waals surface area contributed by atoms with E-state index in [1.54, 1.807) is 6.92 Å². The van der Waals surface area contributed by atoms with Crippen molar-refractivity contribution in [2.75, 3.05) is 0 Å². The number of nitrogens with two attached hydrogens (primary N) is 2. The van der Waals surface area contributed by atoms with Crippen LogP contribution in [0.5, 0.6) is 0 Å². The number of carbonyl (C=O) groups excluding carboxylic acids is 2. The Morgan fingerprint density at radius 1 is 1.27 bits per heavy atom. The lowest BCUT2D eigenvalue weighted by Gasteiger charge is -2.23. The van der Waals surface area contributed by atoms with Crippen molar-refractivity contribution in [2.24, 2.45) is 11.5 Å². The van der Waals surface area contributed by atoms with Crippen LogP contribution in [0.1, 0.15) is 20.3 Å². The fraction of sp³-hybridized carbons (Fsp3) is 0.556. The largest absolute Gasteiger partial charge is 0.352 e. The van der Waals surface area contributed by atoms with Crippen molar-refractivity contribution in [1.82, 2.24) is 10.6 Å². The van der Waals surface area contributed by atoms with Gasteiger partial charge in [-0.3, -0.25) is 0 Å². The third-order valence-corrected chi connectivity index (χ3v) is 1.93. The molecule has 0 saturated carbocycles. The summed E-state index contributed by atoms with van der Waals surface area (Å²) < 4.78 is 0. The molecule has 0 heterocycles. The first-order valence-corrected chi connectivity index (χ1v) is 4.70. The third-order valence-electron chi connectivity index (χ3n) is 1.93. The minimum absolute atomic E-state index is 0.258. The first kappa shape index (κ1) is 13.3. The van der Waals surface area contributed by atoms with E-state index in [-0.39, 0.29) is 12.1 Å². The Labute approximate surface area is 89.1 Å². The van der Waals surface area contributed by atoms with E-state index in [1.807, 2.05) is 19.1 Å². The van der Waals surface area contributed by atoms with Crippen LogP contribution in [0.25, 0.3) is 0 Å². The minimum Gasteiger partial charge on any atom is -0.352 e. The Balaban J connectivity index is 4.31. The minimum atomic E-state index is -0.626. The van der Waals surface area contributed by atoms with E-state index < -0.39 is 12.1 Å². The van der Waals surface area contributed by atoms with Gasteiger partial charge in [0.1, 0.15) is 0 Å². The van der Waals surface area contributed by atoms with Gasteiger partial charge in [0.05, 0.1) is 6.04 Å². The maximum Gasteiger partial charge on any atom is 0.312 e. The van der Waals surface area contributed by atoms with Gasteiger partial charge in [0, 0.05) is 6.04 Å². The summed E-state index contributed by atoms with van der Waals surface area (Å²) in [4.78, 5) is 21.3. The molecule has 6 N–H and O–H groups in total. The highest BCUT2D eigenvalue weighted by atomic mass is 16.2. The highest BCUT2D eigenvalue weighted by Crippen LogP contribution is 2.00. The van der Waals surface area contributed by atoms with Gasteiger partial charge < -0.3 is 22.1 Å². The molecule has 0 aliphatic heterocycles. The van der Waals surface area contributed by atoms with Crippen molar-refractivity contribution in [3.8, 4) is 0 Å². The van der Waals surface area contributed by atoms with Crippen molar-refractivity contribution in [1.29, 1.82) is 0 Å². The molecule has 0 aliphatic carbocycles. The van der Waals surface area contributed by atoms with Gasteiger partial charge in [-0.05, 0) is 20.3 Å². The molecule has 15 heavy (non-hydrogen) atoms. The monoisotopic (exact) mass is 214 g/mol. The molecular weight excluding hydrogens is 196 g/mol. The van der Waals surface area contributed by atoms with Crippen LogP contribution in [0.3, 0.4) is 0 Å². The molecule has 0 rings (SSSR count). The molecule has 0 spiro atoms. The standard InChI is InChI=1S/C9H18N4O2/c1-3-4-5-7(13-9(11)15)6(2)12-8(10)14/h3-4,6-7H,5H2,1-2H3,(H3,10,12,14)(H3,11,13,15). The fourth-order valence-corrected chi connectivity index (χ4v) is 1.18. The van der Waals surface area contributed by atoms with Crippen molar-refractivity contribution in [3.05, 3.63) is 12.2 Å². The molecule has 0 saturated heterocycles. The molecular formula is C9H18N4O2. The van der Waals surface area contributed by atoms with E-state index in [2.05, 4.69) is 10.6 Å². The summed E-state index contributed by atoms with van der Waals surface area (Å²) in [5.41, 5.74) is 9.99. The highest BCUT2D eigenvalue weighted by Gasteiger charge is 2.17. The quantitative estimate of drug-likeness (QED) is 0.485. The summed E-state index contributed by atoms with van der Waals surface area (Å²) >= 11 is 0. The SMILES string of the molecule is CC=CCC(NC(N)=O)C(C)NC(N)=O. The van der Waals surface area contributed by atoms with Crippen LogP contribution in [-0.4, -0.2) is 24.1 Å². The second kappa shape index (κ2) is 6.69. The van der Waals surface area contributed by atoms with Crippen LogP contribution in [0.4, 0.5) is 9.59 Å². The van der Waals surface area contributed by atoms with E-state index >= 15 is 0 Å². The van der Waals surface area contributed by atoms with Gasteiger partial charge in [0.25, 0.3) is 0 Å². The first-order valence-electron chi connectivity index (χ1n) is 4.70. The van der Waals surface area contributed by atoms with E-state index in [0.29, 0.717) is 6.42 Å². The van der Waals surface area contributed by atoms with Gasteiger partial charge in [-0.1, -0.05) is 12.2 Å².